The van der Waals surface area contributed by atoms with Crippen molar-refractivity contribution in [3.8, 4) is 0 Å². The Morgan fingerprint density at radius 1 is 1.60 bits per heavy atom. The van der Waals surface area contributed by atoms with Crippen molar-refractivity contribution >= 4 is 6.03 Å². The van der Waals surface area contributed by atoms with Gasteiger partial charge in [-0.25, -0.2) is 9.78 Å². The number of carbonyl (C=O) groups is 1. The van der Waals surface area contributed by atoms with Crippen LogP contribution in [0.4, 0.5) is 4.79 Å². The monoisotopic (exact) mass is 210 g/mol. The van der Waals surface area contributed by atoms with Crippen molar-refractivity contribution in [1.29, 1.82) is 0 Å². The predicted octanol–water partition coefficient (Wildman–Crippen LogP) is 1.27. The lowest BCUT2D eigenvalue weighted by molar-refractivity contribution is 0.198. The van der Waals surface area contributed by atoms with E-state index in [0.717, 1.165) is 11.4 Å². The molecular weight excluding hydrogens is 192 g/mol. The minimum atomic E-state index is -0.0394. The molecule has 1 aromatic rings. The summed E-state index contributed by atoms with van der Waals surface area (Å²) in [6.07, 6.45) is 1.65. The number of urea groups is 1. The Labute approximate surface area is 89.9 Å². The summed E-state index contributed by atoms with van der Waals surface area (Å²) >= 11 is 0. The van der Waals surface area contributed by atoms with E-state index in [2.05, 4.69) is 15.3 Å². The summed E-state index contributed by atoms with van der Waals surface area (Å²) in [5, 5.41) is 2.78. The van der Waals surface area contributed by atoms with Crippen molar-refractivity contribution in [1.82, 2.24) is 20.2 Å². The number of carbonyl (C=O) groups excluding carboxylic acids is 1. The number of hydrogen-bond donors (Lipinski definition) is 2. The highest BCUT2D eigenvalue weighted by atomic mass is 16.2. The van der Waals surface area contributed by atoms with Gasteiger partial charge >= 0.3 is 6.03 Å². The van der Waals surface area contributed by atoms with Crippen LogP contribution in [0.25, 0.3) is 0 Å². The normalized spacial score (nSPS) is 10.1. The molecule has 0 fully saturated rings. The van der Waals surface area contributed by atoms with Crippen molar-refractivity contribution in [3.63, 3.8) is 0 Å². The zero-order chi connectivity index (χ0) is 11.3. The maximum Gasteiger partial charge on any atom is 0.317 e. The Bertz CT molecular complexity index is 321. The second-order valence-corrected chi connectivity index (χ2v) is 3.32. The molecule has 0 saturated carbocycles. The first kappa shape index (κ1) is 11.6. The molecule has 1 heterocycles. The molecule has 0 spiro atoms. The molecule has 0 aliphatic heterocycles. The maximum atomic E-state index is 11.6. The maximum absolute atomic E-state index is 11.6. The molecule has 1 aromatic heterocycles. The molecule has 2 amide bonds. The lowest BCUT2D eigenvalue weighted by atomic mass is 10.3. The van der Waals surface area contributed by atoms with Crippen LogP contribution in [0, 0.1) is 6.92 Å². The summed E-state index contributed by atoms with van der Waals surface area (Å²) in [4.78, 5) is 20.5. The zero-order valence-corrected chi connectivity index (χ0v) is 9.50. The number of amides is 2. The first-order valence-electron chi connectivity index (χ1n) is 5.20. The lowest BCUT2D eigenvalue weighted by Gasteiger charge is -2.20. The fourth-order valence-electron chi connectivity index (χ4n) is 1.32. The number of aromatic amines is 1. The third kappa shape index (κ3) is 2.97. The molecule has 2 N–H and O–H groups in total. The van der Waals surface area contributed by atoms with Crippen LogP contribution < -0.4 is 5.32 Å². The number of rotatable bonds is 4. The standard InChI is InChI=1S/C10H18N4O/c1-4-11-10(15)14(5-2)6-9-8(3)12-7-13-9/h7H,4-6H2,1-3H3,(H,11,15)(H,12,13). The molecule has 0 radical (unpaired) electrons. The molecule has 5 nitrogen and oxygen atoms in total. The van der Waals surface area contributed by atoms with Crippen LogP contribution in [0.1, 0.15) is 25.2 Å². The van der Waals surface area contributed by atoms with Crippen LogP contribution in [0.2, 0.25) is 0 Å². The topological polar surface area (TPSA) is 61.0 Å². The molecular formula is C10H18N4O. The van der Waals surface area contributed by atoms with Crippen molar-refractivity contribution in [2.24, 2.45) is 0 Å². The fraction of sp³-hybridized carbons (Fsp3) is 0.600. The predicted molar refractivity (Wildman–Crippen MR) is 58.5 cm³/mol. The summed E-state index contributed by atoms with van der Waals surface area (Å²) in [5.41, 5.74) is 1.93. The molecule has 0 unspecified atom stereocenters. The van der Waals surface area contributed by atoms with Gasteiger partial charge in [0, 0.05) is 18.8 Å². The Morgan fingerprint density at radius 2 is 2.33 bits per heavy atom. The van der Waals surface area contributed by atoms with E-state index >= 15 is 0 Å². The van der Waals surface area contributed by atoms with Crippen LogP contribution in [-0.2, 0) is 6.54 Å². The number of hydrogen-bond acceptors (Lipinski definition) is 2. The van der Waals surface area contributed by atoms with E-state index in [1.807, 2.05) is 20.8 Å². The van der Waals surface area contributed by atoms with Crippen LogP contribution >= 0.6 is 0 Å². The molecule has 0 saturated heterocycles. The Balaban J connectivity index is 2.61. The highest BCUT2D eigenvalue weighted by Gasteiger charge is 2.12. The van der Waals surface area contributed by atoms with Gasteiger partial charge in [0.25, 0.3) is 0 Å². The molecule has 0 bridgehead atoms. The van der Waals surface area contributed by atoms with Gasteiger partial charge < -0.3 is 15.2 Å². The van der Waals surface area contributed by atoms with Gasteiger partial charge in [-0.3, -0.25) is 0 Å². The highest BCUT2D eigenvalue weighted by Crippen LogP contribution is 2.05. The van der Waals surface area contributed by atoms with Crippen molar-refractivity contribution < 1.29 is 4.79 Å². The summed E-state index contributed by atoms with van der Waals surface area (Å²) in [6.45, 7) is 7.70. The lowest BCUT2D eigenvalue weighted by Crippen LogP contribution is -2.39. The van der Waals surface area contributed by atoms with Crippen LogP contribution in [0.3, 0.4) is 0 Å². The van der Waals surface area contributed by atoms with Crippen molar-refractivity contribution in [2.45, 2.75) is 27.3 Å². The van der Waals surface area contributed by atoms with Crippen LogP contribution in [0.15, 0.2) is 6.33 Å². The summed E-state index contributed by atoms with van der Waals surface area (Å²) in [7, 11) is 0. The minimum absolute atomic E-state index is 0.0394. The van der Waals surface area contributed by atoms with Gasteiger partial charge in [0.1, 0.15) is 0 Å². The number of aryl methyl sites for hydroxylation is 1. The molecule has 0 aromatic carbocycles. The summed E-state index contributed by atoms with van der Waals surface area (Å²) in [5.74, 6) is 0. The van der Waals surface area contributed by atoms with Crippen molar-refractivity contribution in [2.75, 3.05) is 13.1 Å². The van der Waals surface area contributed by atoms with Gasteiger partial charge in [-0.2, -0.15) is 0 Å². The fourth-order valence-corrected chi connectivity index (χ4v) is 1.32. The molecule has 0 aliphatic carbocycles. The minimum Gasteiger partial charge on any atom is -0.348 e. The van der Waals surface area contributed by atoms with Gasteiger partial charge in [0.05, 0.1) is 18.6 Å². The van der Waals surface area contributed by atoms with Crippen molar-refractivity contribution in [3.05, 3.63) is 17.7 Å². The van der Waals surface area contributed by atoms with E-state index in [1.165, 1.54) is 0 Å². The quantitative estimate of drug-likeness (QED) is 0.786. The molecule has 15 heavy (non-hydrogen) atoms. The smallest absolute Gasteiger partial charge is 0.317 e. The number of H-pyrrole nitrogens is 1. The van der Waals surface area contributed by atoms with Gasteiger partial charge in [-0.15, -0.1) is 0 Å². The van der Waals surface area contributed by atoms with Crippen LogP contribution in [0.5, 0.6) is 0 Å². The zero-order valence-electron chi connectivity index (χ0n) is 9.50. The highest BCUT2D eigenvalue weighted by molar-refractivity contribution is 5.74. The molecule has 5 heteroatoms. The SMILES string of the molecule is CCNC(=O)N(CC)Cc1nc[nH]c1C. The largest absolute Gasteiger partial charge is 0.348 e. The molecule has 0 aliphatic rings. The number of nitrogens with zero attached hydrogens (tertiary/aromatic N) is 2. The first-order valence-corrected chi connectivity index (χ1v) is 5.20. The number of nitrogens with one attached hydrogen (secondary N) is 2. The van der Waals surface area contributed by atoms with Crippen LogP contribution in [-0.4, -0.2) is 34.0 Å². The average molecular weight is 210 g/mol. The summed E-state index contributed by atoms with van der Waals surface area (Å²) < 4.78 is 0. The van der Waals surface area contributed by atoms with E-state index in [9.17, 15) is 4.79 Å². The third-order valence-electron chi connectivity index (χ3n) is 2.27. The Hall–Kier alpha value is -1.52. The van der Waals surface area contributed by atoms with E-state index < -0.39 is 0 Å². The average Bonchev–Trinajstić information content (AvgIpc) is 2.61. The molecule has 84 valence electrons. The third-order valence-corrected chi connectivity index (χ3v) is 2.27. The van der Waals surface area contributed by atoms with Gasteiger partial charge in [-0.1, -0.05) is 0 Å². The summed E-state index contributed by atoms with van der Waals surface area (Å²) in [6, 6.07) is -0.0394. The first-order chi connectivity index (χ1) is 7.19. The van der Waals surface area contributed by atoms with E-state index in [1.54, 1.807) is 11.2 Å². The molecule has 0 atom stereocenters. The molecule has 1 rings (SSSR count). The number of imidazole rings is 1. The van der Waals surface area contributed by atoms with Gasteiger partial charge in [0.15, 0.2) is 0 Å². The number of aromatic nitrogens is 2. The van der Waals surface area contributed by atoms with E-state index in [4.69, 9.17) is 0 Å². The van der Waals surface area contributed by atoms with E-state index in [0.29, 0.717) is 19.6 Å². The van der Waals surface area contributed by atoms with Gasteiger partial charge in [0.2, 0.25) is 0 Å². The Morgan fingerprint density at radius 3 is 2.80 bits per heavy atom. The Kier molecular flexibility index (Phi) is 4.15. The second kappa shape index (κ2) is 5.38. The second-order valence-electron chi connectivity index (χ2n) is 3.32. The van der Waals surface area contributed by atoms with E-state index in [-0.39, 0.29) is 6.03 Å². The van der Waals surface area contributed by atoms with Gasteiger partial charge in [-0.05, 0) is 20.8 Å².